The van der Waals surface area contributed by atoms with Gasteiger partial charge in [-0.15, -0.1) is 0 Å². The van der Waals surface area contributed by atoms with Crippen LogP contribution < -0.4 is 10.1 Å². The first kappa shape index (κ1) is 13.4. The lowest BCUT2D eigenvalue weighted by molar-refractivity contribution is 0.393. The summed E-state index contributed by atoms with van der Waals surface area (Å²) in [6.07, 6.45) is 6.60. The Hall–Kier alpha value is -1.02. The topological polar surface area (TPSA) is 21.3 Å². The van der Waals surface area contributed by atoms with Gasteiger partial charge in [-0.05, 0) is 49.4 Å². The van der Waals surface area contributed by atoms with E-state index in [9.17, 15) is 0 Å². The van der Waals surface area contributed by atoms with Gasteiger partial charge in [0.1, 0.15) is 5.75 Å². The number of benzene rings is 1. The zero-order valence-corrected chi connectivity index (χ0v) is 11.6. The van der Waals surface area contributed by atoms with Crippen molar-refractivity contribution in [2.45, 2.75) is 45.1 Å². The molecule has 2 atom stereocenters. The van der Waals surface area contributed by atoms with Gasteiger partial charge in [-0.2, -0.15) is 0 Å². The molecule has 1 aliphatic rings. The number of ether oxygens (including phenoxy) is 1. The van der Waals surface area contributed by atoms with Gasteiger partial charge in [-0.25, -0.2) is 0 Å². The first-order chi connectivity index (χ1) is 8.83. The molecule has 0 saturated heterocycles. The average molecular weight is 247 g/mol. The van der Waals surface area contributed by atoms with Crippen LogP contribution in [0.4, 0.5) is 0 Å². The van der Waals surface area contributed by atoms with E-state index in [1.54, 1.807) is 7.11 Å². The third-order valence-electron chi connectivity index (χ3n) is 4.16. The van der Waals surface area contributed by atoms with Crippen LogP contribution in [-0.2, 0) is 6.42 Å². The fourth-order valence-corrected chi connectivity index (χ4v) is 2.99. The maximum Gasteiger partial charge on any atom is 0.118 e. The van der Waals surface area contributed by atoms with Crippen LogP contribution >= 0.6 is 0 Å². The molecule has 0 aromatic heterocycles. The molecule has 0 radical (unpaired) electrons. The molecule has 1 aromatic carbocycles. The molecule has 1 aromatic rings. The van der Waals surface area contributed by atoms with E-state index < -0.39 is 0 Å². The van der Waals surface area contributed by atoms with Crippen molar-refractivity contribution in [3.63, 3.8) is 0 Å². The Morgan fingerprint density at radius 3 is 2.67 bits per heavy atom. The summed E-state index contributed by atoms with van der Waals surface area (Å²) in [6.45, 7) is 3.40. The van der Waals surface area contributed by atoms with Gasteiger partial charge in [0, 0.05) is 6.04 Å². The lowest BCUT2D eigenvalue weighted by Crippen LogP contribution is -2.33. The van der Waals surface area contributed by atoms with Crippen LogP contribution in [0.5, 0.6) is 5.75 Å². The van der Waals surface area contributed by atoms with E-state index in [0.29, 0.717) is 0 Å². The molecule has 1 N–H and O–H groups in total. The Kier molecular flexibility index (Phi) is 5.06. The van der Waals surface area contributed by atoms with E-state index in [1.807, 2.05) is 12.1 Å². The maximum absolute atomic E-state index is 5.17. The summed E-state index contributed by atoms with van der Waals surface area (Å²) in [5.41, 5.74) is 1.38. The summed E-state index contributed by atoms with van der Waals surface area (Å²) in [5, 5.41) is 3.73. The minimum atomic E-state index is 0.758. The third-order valence-corrected chi connectivity index (χ3v) is 4.16. The third kappa shape index (κ3) is 3.49. The summed E-state index contributed by atoms with van der Waals surface area (Å²) in [5.74, 6) is 1.84. The second-order valence-electron chi connectivity index (χ2n) is 5.26. The molecule has 2 unspecified atom stereocenters. The van der Waals surface area contributed by atoms with Crippen LogP contribution in [-0.4, -0.2) is 19.7 Å². The van der Waals surface area contributed by atoms with Crippen LogP contribution in [0.1, 0.15) is 38.2 Å². The number of hydrogen-bond donors (Lipinski definition) is 1. The molecule has 0 spiro atoms. The van der Waals surface area contributed by atoms with E-state index in [4.69, 9.17) is 4.74 Å². The van der Waals surface area contributed by atoms with E-state index in [2.05, 4.69) is 24.4 Å². The molecule has 2 heteroatoms. The zero-order valence-electron chi connectivity index (χ0n) is 11.6. The van der Waals surface area contributed by atoms with Crippen LogP contribution in [0, 0.1) is 5.92 Å². The first-order valence-electron chi connectivity index (χ1n) is 7.19. The summed E-state index contributed by atoms with van der Waals surface area (Å²) < 4.78 is 5.17. The van der Waals surface area contributed by atoms with Gasteiger partial charge in [-0.3, -0.25) is 0 Å². The summed E-state index contributed by atoms with van der Waals surface area (Å²) in [4.78, 5) is 0. The average Bonchev–Trinajstić information content (AvgIpc) is 2.87. The standard InChI is InChI=1S/C16H25NO/c1-3-14-5-4-6-16(14)17-12-11-13-7-9-15(18-2)10-8-13/h7-10,14,16-17H,3-6,11-12H2,1-2H3. The van der Waals surface area contributed by atoms with Crippen molar-refractivity contribution in [3.05, 3.63) is 29.8 Å². The molecule has 18 heavy (non-hydrogen) atoms. The van der Waals surface area contributed by atoms with Crippen molar-refractivity contribution >= 4 is 0 Å². The fraction of sp³-hybridized carbons (Fsp3) is 0.625. The Morgan fingerprint density at radius 1 is 1.22 bits per heavy atom. The highest BCUT2D eigenvalue weighted by Crippen LogP contribution is 2.27. The second kappa shape index (κ2) is 6.79. The number of rotatable bonds is 6. The number of methoxy groups -OCH3 is 1. The molecule has 1 fully saturated rings. The molecule has 0 aliphatic heterocycles. The minimum absolute atomic E-state index is 0.758. The van der Waals surface area contributed by atoms with Crippen molar-refractivity contribution in [1.82, 2.24) is 5.32 Å². The Bertz CT molecular complexity index is 347. The fourth-order valence-electron chi connectivity index (χ4n) is 2.99. The monoisotopic (exact) mass is 247 g/mol. The largest absolute Gasteiger partial charge is 0.497 e. The van der Waals surface area contributed by atoms with Crippen molar-refractivity contribution in [2.24, 2.45) is 5.92 Å². The molecule has 2 rings (SSSR count). The maximum atomic E-state index is 5.17. The first-order valence-corrected chi connectivity index (χ1v) is 7.19. The molecule has 100 valence electrons. The lowest BCUT2D eigenvalue weighted by Gasteiger charge is -2.19. The molecular formula is C16H25NO. The summed E-state index contributed by atoms with van der Waals surface area (Å²) >= 11 is 0. The Balaban J connectivity index is 1.74. The predicted molar refractivity (Wildman–Crippen MR) is 76.1 cm³/mol. The minimum Gasteiger partial charge on any atom is -0.497 e. The van der Waals surface area contributed by atoms with Gasteiger partial charge in [0.25, 0.3) is 0 Å². The van der Waals surface area contributed by atoms with E-state index in [-0.39, 0.29) is 0 Å². The van der Waals surface area contributed by atoms with E-state index in [1.165, 1.54) is 31.2 Å². The van der Waals surface area contributed by atoms with Gasteiger partial charge < -0.3 is 10.1 Å². The van der Waals surface area contributed by atoms with Crippen LogP contribution in [0.3, 0.4) is 0 Å². The van der Waals surface area contributed by atoms with Crippen molar-refractivity contribution in [2.75, 3.05) is 13.7 Å². The predicted octanol–water partition coefficient (Wildman–Crippen LogP) is 3.41. The molecule has 0 heterocycles. The Labute approximate surface area is 111 Å². The van der Waals surface area contributed by atoms with Gasteiger partial charge in [-0.1, -0.05) is 31.9 Å². The quantitative estimate of drug-likeness (QED) is 0.832. The SMILES string of the molecule is CCC1CCCC1NCCc1ccc(OC)cc1. The molecule has 0 amide bonds. The number of hydrogen-bond acceptors (Lipinski definition) is 2. The van der Waals surface area contributed by atoms with Crippen LogP contribution in [0.25, 0.3) is 0 Å². The van der Waals surface area contributed by atoms with Gasteiger partial charge >= 0.3 is 0 Å². The number of nitrogens with one attached hydrogen (secondary N) is 1. The van der Waals surface area contributed by atoms with E-state index in [0.717, 1.165) is 30.7 Å². The molecule has 2 nitrogen and oxygen atoms in total. The second-order valence-corrected chi connectivity index (χ2v) is 5.26. The molecule has 1 saturated carbocycles. The van der Waals surface area contributed by atoms with E-state index >= 15 is 0 Å². The van der Waals surface area contributed by atoms with Crippen molar-refractivity contribution in [1.29, 1.82) is 0 Å². The summed E-state index contributed by atoms with van der Waals surface area (Å²) in [7, 11) is 1.71. The van der Waals surface area contributed by atoms with Crippen LogP contribution in [0.2, 0.25) is 0 Å². The molecule has 0 bridgehead atoms. The smallest absolute Gasteiger partial charge is 0.118 e. The zero-order chi connectivity index (χ0) is 12.8. The van der Waals surface area contributed by atoms with Crippen molar-refractivity contribution < 1.29 is 4.74 Å². The van der Waals surface area contributed by atoms with Gasteiger partial charge in [0.15, 0.2) is 0 Å². The van der Waals surface area contributed by atoms with Gasteiger partial charge in [0.2, 0.25) is 0 Å². The summed E-state index contributed by atoms with van der Waals surface area (Å²) in [6, 6.07) is 9.16. The molecular weight excluding hydrogens is 222 g/mol. The highest BCUT2D eigenvalue weighted by atomic mass is 16.5. The highest BCUT2D eigenvalue weighted by Gasteiger charge is 2.24. The lowest BCUT2D eigenvalue weighted by atomic mass is 10.0. The molecule has 1 aliphatic carbocycles. The van der Waals surface area contributed by atoms with Gasteiger partial charge in [0.05, 0.1) is 7.11 Å². The Morgan fingerprint density at radius 2 is 2.00 bits per heavy atom. The highest BCUT2D eigenvalue weighted by molar-refractivity contribution is 5.27. The van der Waals surface area contributed by atoms with Crippen LogP contribution in [0.15, 0.2) is 24.3 Å². The van der Waals surface area contributed by atoms with Crippen molar-refractivity contribution in [3.8, 4) is 5.75 Å². The normalized spacial score (nSPS) is 23.2.